The highest BCUT2D eigenvalue weighted by Gasteiger charge is 2.28. The molecule has 2 atom stereocenters. The molecule has 1 heterocycles. The summed E-state index contributed by atoms with van der Waals surface area (Å²) in [4.78, 5) is 38.7. The van der Waals surface area contributed by atoms with Crippen LogP contribution in [0.4, 0.5) is 14.5 Å². The highest BCUT2D eigenvalue weighted by molar-refractivity contribution is 7.80. The van der Waals surface area contributed by atoms with E-state index >= 15 is 0 Å². The van der Waals surface area contributed by atoms with Gasteiger partial charge in [-0.05, 0) is 75.4 Å². The number of benzene rings is 2. The van der Waals surface area contributed by atoms with Gasteiger partial charge in [0, 0.05) is 12.0 Å². The fraction of sp³-hybridized carbons (Fsp3) is 0.412. The van der Waals surface area contributed by atoms with E-state index in [-0.39, 0.29) is 68.6 Å². The van der Waals surface area contributed by atoms with Crippen molar-refractivity contribution in [2.75, 3.05) is 31.2 Å². The Kier molecular flexibility index (Phi) is 14.1. The third kappa shape index (κ3) is 12.3. The lowest BCUT2D eigenvalue weighted by Crippen LogP contribution is -2.36. The van der Waals surface area contributed by atoms with Gasteiger partial charge in [0.25, 0.3) is 11.3 Å². The highest BCUT2D eigenvalue weighted by Crippen LogP contribution is 2.38. The smallest absolute Gasteiger partial charge is 0.387 e. The lowest BCUT2D eigenvalue weighted by Gasteiger charge is -2.25. The summed E-state index contributed by atoms with van der Waals surface area (Å²) >= 11 is 9.82. The third-order valence-electron chi connectivity index (χ3n) is 7.33. The summed E-state index contributed by atoms with van der Waals surface area (Å²) in [5.41, 5.74) is -0.756. The van der Waals surface area contributed by atoms with Crippen molar-refractivity contribution in [3.05, 3.63) is 80.7 Å². The van der Waals surface area contributed by atoms with Crippen molar-refractivity contribution in [3.63, 3.8) is 0 Å². The summed E-state index contributed by atoms with van der Waals surface area (Å²) < 4.78 is 81.4. The first kappa shape index (κ1) is 41.3. The first-order chi connectivity index (χ1) is 24.9. The average molecular weight is 806 g/mol. The SMILES string of the molecule is COc1ccc(C(=O)OCC(=O)O[C@@H](Cc2c(Cl)c[n+]([O-])cc2Cl)c2ccc(OC(F)F)c(OCC3CC3)c2)cc1N(CC(=O)OC(C)(C)C)S(=O)O. The molecule has 19 heteroatoms. The fourth-order valence-electron chi connectivity index (χ4n) is 4.79. The summed E-state index contributed by atoms with van der Waals surface area (Å²) in [6.45, 7) is 0.333. The molecule has 0 bridgehead atoms. The lowest BCUT2D eigenvalue weighted by molar-refractivity contribution is -0.605. The Morgan fingerprint density at radius 1 is 1.04 bits per heavy atom. The molecule has 4 rings (SSSR count). The topological polar surface area (TPSA) is 174 Å². The maximum Gasteiger partial charge on any atom is 0.387 e. The van der Waals surface area contributed by atoms with Crippen LogP contribution in [0.15, 0.2) is 48.8 Å². The Balaban J connectivity index is 1.56. The van der Waals surface area contributed by atoms with Crippen molar-refractivity contribution in [3.8, 4) is 17.2 Å². The standard InChI is InChI=1S/C34H36Cl2F2N2O12S/c1-34(2,3)52-30(41)16-40(53(45)46)25-11-21(8-9-26(25)47-4)32(43)49-18-31(42)50-28(13-22-23(35)14-39(44)15-24(22)36)20-7-10-27(51-33(37)38)29(12-20)48-17-19-5-6-19/h7-12,14-15,19,28,33H,5-6,13,16-18H2,1-4H3,(H,45,46)/t28-/m0/s1. The van der Waals surface area contributed by atoms with Gasteiger partial charge in [0.15, 0.2) is 30.5 Å². The number of aromatic nitrogens is 1. The molecule has 0 saturated heterocycles. The van der Waals surface area contributed by atoms with Gasteiger partial charge in [0.05, 0.1) is 25.0 Å². The first-order valence-corrected chi connectivity index (χ1v) is 17.7. The van der Waals surface area contributed by atoms with Gasteiger partial charge in [-0.2, -0.15) is 13.5 Å². The molecule has 53 heavy (non-hydrogen) atoms. The van der Waals surface area contributed by atoms with Crippen LogP contribution in [0.2, 0.25) is 10.0 Å². The van der Waals surface area contributed by atoms with E-state index in [1.165, 1.54) is 37.4 Å². The average Bonchev–Trinajstić information content (AvgIpc) is 3.90. The lowest BCUT2D eigenvalue weighted by atomic mass is 10.0. The molecule has 1 N–H and O–H groups in total. The zero-order valence-electron chi connectivity index (χ0n) is 28.8. The Bertz CT molecular complexity index is 1820. The number of alkyl halides is 2. The summed E-state index contributed by atoms with van der Waals surface area (Å²) in [7, 11) is 1.27. The number of esters is 3. The fourth-order valence-corrected chi connectivity index (χ4v) is 5.92. The van der Waals surface area contributed by atoms with E-state index in [0.29, 0.717) is 4.73 Å². The first-order valence-electron chi connectivity index (χ1n) is 15.9. The molecule has 1 unspecified atom stereocenters. The normalized spacial score (nSPS) is 13.8. The zero-order chi connectivity index (χ0) is 39.0. The van der Waals surface area contributed by atoms with Crippen LogP contribution < -0.4 is 23.2 Å². The maximum absolute atomic E-state index is 13.2. The number of hydrogen-bond acceptors (Lipinski definition) is 11. The number of carbonyl (C=O) groups is 3. The minimum atomic E-state index is -3.14. The van der Waals surface area contributed by atoms with Crippen LogP contribution in [0.5, 0.6) is 17.2 Å². The van der Waals surface area contributed by atoms with Crippen LogP contribution in [0.3, 0.4) is 0 Å². The summed E-state index contributed by atoms with van der Waals surface area (Å²) in [6, 6.07) is 7.61. The molecule has 1 aromatic heterocycles. The van der Waals surface area contributed by atoms with Crippen LogP contribution in [0.25, 0.3) is 0 Å². The van der Waals surface area contributed by atoms with E-state index < -0.39 is 60.6 Å². The molecule has 3 aromatic rings. The molecular weight excluding hydrogens is 769 g/mol. The van der Waals surface area contributed by atoms with Gasteiger partial charge in [-0.1, -0.05) is 29.3 Å². The Labute approximate surface area is 315 Å². The van der Waals surface area contributed by atoms with Crippen molar-refractivity contribution in [1.82, 2.24) is 0 Å². The second kappa shape index (κ2) is 18.1. The summed E-state index contributed by atoms with van der Waals surface area (Å²) in [6.07, 6.45) is 2.48. The molecule has 1 saturated carbocycles. The number of halogens is 4. The van der Waals surface area contributed by atoms with E-state index in [4.69, 9.17) is 46.9 Å². The molecule has 0 radical (unpaired) electrons. The van der Waals surface area contributed by atoms with Crippen LogP contribution in [0, 0.1) is 11.1 Å². The number of rotatable bonds is 17. The number of methoxy groups -OCH3 is 1. The van der Waals surface area contributed by atoms with Crippen molar-refractivity contribution in [2.24, 2.45) is 5.92 Å². The van der Waals surface area contributed by atoms with Crippen molar-refractivity contribution < 1.29 is 65.1 Å². The molecule has 0 spiro atoms. The maximum atomic E-state index is 13.2. The molecule has 1 aliphatic carbocycles. The summed E-state index contributed by atoms with van der Waals surface area (Å²) in [5, 5.41) is 11.7. The van der Waals surface area contributed by atoms with Crippen molar-refractivity contribution in [1.29, 1.82) is 0 Å². The Hall–Kier alpha value is -4.45. The Morgan fingerprint density at radius 3 is 2.28 bits per heavy atom. The largest absolute Gasteiger partial charge is 0.619 e. The molecule has 14 nitrogen and oxygen atoms in total. The van der Waals surface area contributed by atoms with E-state index in [2.05, 4.69) is 4.74 Å². The predicted octanol–water partition coefficient (Wildman–Crippen LogP) is 5.99. The second-order valence-corrected chi connectivity index (χ2v) is 14.3. The van der Waals surface area contributed by atoms with E-state index in [1.54, 1.807) is 20.8 Å². The predicted molar refractivity (Wildman–Crippen MR) is 186 cm³/mol. The van der Waals surface area contributed by atoms with Crippen molar-refractivity contribution >= 4 is 58.1 Å². The molecule has 288 valence electrons. The number of nitrogens with zero attached hydrogens (tertiary/aromatic N) is 2. The van der Waals surface area contributed by atoms with E-state index in [0.717, 1.165) is 35.6 Å². The monoisotopic (exact) mass is 804 g/mol. The summed E-state index contributed by atoms with van der Waals surface area (Å²) in [5.74, 6) is -2.96. The van der Waals surface area contributed by atoms with Gasteiger partial charge in [0.2, 0.25) is 0 Å². The van der Waals surface area contributed by atoms with E-state index in [1.807, 2.05) is 0 Å². The van der Waals surface area contributed by atoms with Gasteiger partial charge in [-0.25, -0.2) is 13.8 Å². The number of hydrogen-bond donors (Lipinski definition) is 1. The number of ether oxygens (including phenoxy) is 6. The molecule has 2 aromatic carbocycles. The molecule has 1 aliphatic rings. The van der Waals surface area contributed by atoms with Gasteiger partial charge >= 0.3 is 24.5 Å². The number of carbonyl (C=O) groups excluding carboxylic acids is 3. The van der Waals surface area contributed by atoms with Crippen molar-refractivity contribution in [2.45, 2.75) is 58.4 Å². The molecule has 0 aliphatic heterocycles. The minimum Gasteiger partial charge on any atom is -0.619 e. The van der Waals surface area contributed by atoms with Gasteiger partial charge in [-0.15, -0.1) is 0 Å². The molecule has 0 amide bonds. The minimum absolute atomic E-state index is 0.0287. The van der Waals surface area contributed by atoms with E-state index in [9.17, 15) is 37.1 Å². The van der Waals surface area contributed by atoms with Crippen LogP contribution in [-0.2, 0) is 41.5 Å². The van der Waals surface area contributed by atoms with Gasteiger partial charge in [0.1, 0.15) is 34.0 Å². The quantitative estimate of drug-likeness (QED) is 0.0556. The van der Waals surface area contributed by atoms with Crippen LogP contribution in [0.1, 0.15) is 61.2 Å². The number of anilines is 1. The van der Waals surface area contributed by atoms with Gasteiger partial charge in [-0.3, -0.25) is 13.7 Å². The second-order valence-electron chi connectivity index (χ2n) is 12.6. The van der Waals surface area contributed by atoms with Gasteiger partial charge < -0.3 is 33.6 Å². The molecular formula is C34H36Cl2F2N2O12S. The zero-order valence-corrected chi connectivity index (χ0v) is 31.2. The van der Waals surface area contributed by atoms with Crippen LogP contribution in [-0.4, -0.2) is 65.8 Å². The number of pyridine rings is 1. The van der Waals surface area contributed by atoms with Crippen LogP contribution >= 0.6 is 23.2 Å². The third-order valence-corrected chi connectivity index (χ3v) is 8.69. The molecule has 1 fully saturated rings. The highest BCUT2D eigenvalue weighted by atomic mass is 35.5. The Morgan fingerprint density at radius 2 is 1.70 bits per heavy atom.